The van der Waals surface area contributed by atoms with Gasteiger partial charge in [-0.15, -0.1) is 0 Å². The average molecular weight is 422 g/mol. The van der Waals surface area contributed by atoms with Crippen molar-refractivity contribution in [2.24, 2.45) is 0 Å². The Labute approximate surface area is 180 Å². The summed E-state index contributed by atoms with van der Waals surface area (Å²) in [5.74, 6) is 0.0478. The van der Waals surface area contributed by atoms with E-state index in [1.807, 2.05) is 0 Å². The summed E-state index contributed by atoms with van der Waals surface area (Å²) in [7, 11) is 0. The number of carbonyl (C=O) groups excluding carboxylic acids is 1. The Kier molecular flexibility index (Phi) is 20.7. The third-order valence-electron chi connectivity index (χ3n) is 5.83. The van der Waals surface area contributed by atoms with Crippen molar-refractivity contribution in [3.8, 4) is 0 Å². The molecule has 0 spiro atoms. The molecule has 0 bridgehead atoms. The van der Waals surface area contributed by atoms with Crippen LogP contribution >= 0.6 is 0 Å². The Morgan fingerprint density at radius 1 is 0.667 bits per heavy atom. The van der Waals surface area contributed by atoms with Crippen molar-refractivity contribution in [1.29, 1.82) is 0 Å². The minimum absolute atomic E-state index is 0. The normalized spacial score (nSPS) is 14.7. The molecule has 0 aromatic heterocycles. The molecule has 27 heavy (non-hydrogen) atoms. The molecule has 1 fully saturated rings. The summed E-state index contributed by atoms with van der Waals surface area (Å²) in [6, 6.07) is 0. The molecule has 1 saturated carbocycles. The summed E-state index contributed by atoms with van der Waals surface area (Å²) in [6.45, 7) is 2.28. The topological polar surface area (TPSA) is 26.3 Å². The SMILES string of the molecule is CCCCCCCCCCCCCCCCCC(=O)OC1CCCCC1.[Mn]. The zero-order valence-corrected chi connectivity index (χ0v) is 19.3. The maximum Gasteiger partial charge on any atom is 0.306 e. The Hall–Kier alpha value is -0.0105. The second kappa shape index (κ2) is 20.7. The van der Waals surface area contributed by atoms with Crippen molar-refractivity contribution >= 4 is 5.97 Å². The molecule has 0 heterocycles. The van der Waals surface area contributed by atoms with Gasteiger partial charge in [-0.1, -0.05) is 103 Å². The molecule has 0 N–H and O–H groups in total. The van der Waals surface area contributed by atoms with Crippen LogP contribution in [-0.4, -0.2) is 12.1 Å². The van der Waals surface area contributed by atoms with Gasteiger partial charge in [-0.05, 0) is 32.1 Å². The molecule has 1 aliphatic carbocycles. The smallest absolute Gasteiger partial charge is 0.306 e. The van der Waals surface area contributed by atoms with Crippen molar-refractivity contribution < 1.29 is 26.6 Å². The largest absolute Gasteiger partial charge is 0.462 e. The van der Waals surface area contributed by atoms with Gasteiger partial charge in [0.05, 0.1) is 0 Å². The van der Waals surface area contributed by atoms with Crippen molar-refractivity contribution in [2.75, 3.05) is 0 Å². The first kappa shape index (κ1) is 27.0. The second-order valence-electron chi connectivity index (χ2n) is 8.45. The molecular formula is C24H46MnO2. The van der Waals surface area contributed by atoms with Crippen LogP contribution in [0.5, 0.6) is 0 Å². The van der Waals surface area contributed by atoms with Crippen LogP contribution in [-0.2, 0) is 26.6 Å². The molecule has 1 rings (SSSR count). The van der Waals surface area contributed by atoms with Gasteiger partial charge in [0.2, 0.25) is 0 Å². The maximum atomic E-state index is 11.8. The first-order valence-corrected chi connectivity index (χ1v) is 12.0. The second-order valence-corrected chi connectivity index (χ2v) is 8.45. The van der Waals surface area contributed by atoms with Gasteiger partial charge in [0.25, 0.3) is 0 Å². The number of hydrogen-bond acceptors (Lipinski definition) is 2. The number of hydrogen-bond donors (Lipinski definition) is 0. The van der Waals surface area contributed by atoms with E-state index < -0.39 is 0 Å². The number of esters is 1. The van der Waals surface area contributed by atoms with Crippen LogP contribution in [0.1, 0.15) is 142 Å². The fourth-order valence-electron chi connectivity index (χ4n) is 4.07. The number of carbonyl (C=O) groups is 1. The van der Waals surface area contributed by atoms with Gasteiger partial charge in [-0.2, -0.15) is 0 Å². The minimum atomic E-state index is 0. The van der Waals surface area contributed by atoms with Crippen LogP contribution in [0.15, 0.2) is 0 Å². The average Bonchev–Trinajstić information content (AvgIpc) is 2.65. The molecule has 0 amide bonds. The zero-order valence-electron chi connectivity index (χ0n) is 18.1. The number of ether oxygens (including phenoxy) is 1. The third-order valence-corrected chi connectivity index (χ3v) is 5.83. The predicted octanol–water partition coefficient (Wildman–Crippen LogP) is 8.12. The quantitative estimate of drug-likeness (QED) is 0.135. The maximum absolute atomic E-state index is 11.8. The monoisotopic (exact) mass is 421 g/mol. The van der Waals surface area contributed by atoms with Crippen LogP contribution in [0.2, 0.25) is 0 Å². The molecule has 0 aliphatic heterocycles. The van der Waals surface area contributed by atoms with E-state index in [1.165, 1.54) is 109 Å². The minimum Gasteiger partial charge on any atom is -0.462 e. The summed E-state index contributed by atoms with van der Waals surface area (Å²) < 4.78 is 5.57. The fourth-order valence-corrected chi connectivity index (χ4v) is 4.07. The fraction of sp³-hybridized carbons (Fsp3) is 0.958. The van der Waals surface area contributed by atoms with Gasteiger partial charge in [0.1, 0.15) is 6.10 Å². The molecule has 0 saturated heterocycles. The zero-order chi connectivity index (χ0) is 18.7. The molecule has 3 heteroatoms. The summed E-state index contributed by atoms with van der Waals surface area (Å²) >= 11 is 0. The number of rotatable bonds is 17. The predicted molar refractivity (Wildman–Crippen MR) is 113 cm³/mol. The van der Waals surface area contributed by atoms with Crippen LogP contribution in [0.3, 0.4) is 0 Å². The van der Waals surface area contributed by atoms with E-state index in [9.17, 15) is 4.79 Å². The molecule has 1 aliphatic rings. The summed E-state index contributed by atoms with van der Waals surface area (Å²) in [5, 5.41) is 0. The third kappa shape index (κ3) is 17.8. The van der Waals surface area contributed by atoms with E-state index in [0.29, 0.717) is 6.42 Å². The van der Waals surface area contributed by atoms with Gasteiger partial charge < -0.3 is 4.74 Å². The van der Waals surface area contributed by atoms with Gasteiger partial charge in [-0.25, -0.2) is 0 Å². The summed E-state index contributed by atoms with van der Waals surface area (Å²) in [6.07, 6.45) is 27.3. The van der Waals surface area contributed by atoms with Gasteiger partial charge >= 0.3 is 5.97 Å². The molecule has 161 valence electrons. The van der Waals surface area contributed by atoms with Gasteiger partial charge in [-0.3, -0.25) is 4.79 Å². The van der Waals surface area contributed by atoms with E-state index in [1.54, 1.807) is 0 Å². The molecular weight excluding hydrogens is 375 g/mol. The van der Waals surface area contributed by atoms with Crippen LogP contribution in [0.25, 0.3) is 0 Å². The van der Waals surface area contributed by atoms with E-state index >= 15 is 0 Å². The Morgan fingerprint density at radius 2 is 1.07 bits per heavy atom. The number of unbranched alkanes of at least 4 members (excludes halogenated alkanes) is 14. The van der Waals surface area contributed by atoms with Crippen molar-refractivity contribution in [2.45, 2.75) is 148 Å². The van der Waals surface area contributed by atoms with E-state index in [4.69, 9.17) is 4.74 Å². The summed E-state index contributed by atoms with van der Waals surface area (Å²) in [4.78, 5) is 11.8. The molecule has 0 aromatic carbocycles. The first-order valence-electron chi connectivity index (χ1n) is 12.0. The molecule has 0 aromatic rings. The molecule has 2 nitrogen and oxygen atoms in total. The van der Waals surface area contributed by atoms with Crippen molar-refractivity contribution in [1.82, 2.24) is 0 Å². The molecule has 1 radical (unpaired) electrons. The van der Waals surface area contributed by atoms with Gasteiger partial charge in [0, 0.05) is 23.5 Å². The van der Waals surface area contributed by atoms with Gasteiger partial charge in [0.15, 0.2) is 0 Å². The Morgan fingerprint density at radius 3 is 1.52 bits per heavy atom. The Bertz CT molecular complexity index is 314. The Balaban J connectivity index is 0.00000676. The van der Waals surface area contributed by atoms with Crippen molar-refractivity contribution in [3.05, 3.63) is 0 Å². The van der Waals surface area contributed by atoms with E-state index in [2.05, 4.69) is 6.92 Å². The molecule has 0 unspecified atom stereocenters. The van der Waals surface area contributed by atoms with E-state index in [0.717, 1.165) is 19.3 Å². The summed E-state index contributed by atoms with van der Waals surface area (Å²) in [5.41, 5.74) is 0. The van der Waals surface area contributed by atoms with Crippen LogP contribution in [0, 0.1) is 0 Å². The van der Waals surface area contributed by atoms with Crippen LogP contribution < -0.4 is 0 Å². The standard InChI is InChI=1S/C24H46O2.Mn/c1-2-3-4-5-6-7-8-9-10-11-12-13-14-15-19-22-24(25)26-23-20-17-16-18-21-23;/h23H,2-22H2,1H3;. The first-order chi connectivity index (χ1) is 12.8. The van der Waals surface area contributed by atoms with Crippen molar-refractivity contribution in [3.63, 3.8) is 0 Å². The van der Waals surface area contributed by atoms with E-state index in [-0.39, 0.29) is 29.1 Å². The molecule has 0 atom stereocenters. The van der Waals surface area contributed by atoms with Crippen LogP contribution in [0.4, 0.5) is 0 Å².